The summed E-state index contributed by atoms with van der Waals surface area (Å²) < 4.78 is 5.44. The van der Waals surface area contributed by atoms with Crippen LogP contribution in [0.4, 0.5) is 0 Å². The Bertz CT molecular complexity index is 351. The van der Waals surface area contributed by atoms with Crippen LogP contribution < -0.4 is 0 Å². The molecule has 0 N–H and O–H groups in total. The van der Waals surface area contributed by atoms with Crippen LogP contribution >= 0.6 is 31.9 Å². The third-order valence-electron chi connectivity index (χ3n) is 1.61. The standard InChI is InChI=1S/C10H8Br2O2/c1-14-10(13)8-4-2-7(3-5-8)6-9(11)12/h2-6H,1H3. The number of hydrogen-bond acceptors (Lipinski definition) is 2. The average molecular weight is 320 g/mol. The zero-order valence-electron chi connectivity index (χ0n) is 7.46. The highest BCUT2D eigenvalue weighted by Gasteiger charge is 2.03. The van der Waals surface area contributed by atoms with Crippen molar-refractivity contribution in [2.45, 2.75) is 0 Å². The minimum Gasteiger partial charge on any atom is -0.465 e. The van der Waals surface area contributed by atoms with Gasteiger partial charge >= 0.3 is 5.97 Å². The van der Waals surface area contributed by atoms with Crippen molar-refractivity contribution in [2.75, 3.05) is 7.11 Å². The Morgan fingerprint density at radius 3 is 2.29 bits per heavy atom. The summed E-state index contributed by atoms with van der Waals surface area (Å²) in [7, 11) is 1.37. The smallest absolute Gasteiger partial charge is 0.337 e. The van der Waals surface area contributed by atoms with Crippen LogP contribution in [0.2, 0.25) is 0 Å². The third-order valence-corrected chi connectivity index (χ3v) is 2.07. The summed E-state index contributed by atoms with van der Waals surface area (Å²) in [4.78, 5) is 11.1. The second kappa shape index (κ2) is 5.32. The van der Waals surface area contributed by atoms with Crippen LogP contribution in [0.3, 0.4) is 0 Å². The van der Waals surface area contributed by atoms with Crippen molar-refractivity contribution in [1.29, 1.82) is 0 Å². The van der Waals surface area contributed by atoms with Gasteiger partial charge in [0.25, 0.3) is 0 Å². The van der Waals surface area contributed by atoms with Gasteiger partial charge in [-0.25, -0.2) is 4.79 Å². The fourth-order valence-electron chi connectivity index (χ4n) is 0.959. The van der Waals surface area contributed by atoms with Crippen LogP contribution in [0, 0.1) is 0 Å². The molecule has 0 fully saturated rings. The number of halogens is 2. The molecule has 0 atom stereocenters. The number of carbonyl (C=O) groups is 1. The van der Waals surface area contributed by atoms with Crippen molar-refractivity contribution in [3.8, 4) is 0 Å². The lowest BCUT2D eigenvalue weighted by molar-refractivity contribution is 0.0601. The molecule has 0 aromatic heterocycles. The van der Waals surface area contributed by atoms with Gasteiger partial charge in [0.05, 0.1) is 16.1 Å². The molecule has 0 unspecified atom stereocenters. The fourth-order valence-corrected chi connectivity index (χ4v) is 1.49. The molecular formula is C10H8Br2O2. The first-order valence-electron chi connectivity index (χ1n) is 3.84. The molecule has 2 nitrogen and oxygen atoms in total. The Balaban J connectivity index is 2.89. The van der Waals surface area contributed by atoms with E-state index in [0.717, 1.165) is 8.96 Å². The molecule has 74 valence electrons. The van der Waals surface area contributed by atoms with Crippen LogP contribution in [-0.2, 0) is 4.74 Å². The first kappa shape index (κ1) is 11.5. The van der Waals surface area contributed by atoms with Crippen LogP contribution in [0.5, 0.6) is 0 Å². The zero-order valence-corrected chi connectivity index (χ0v) is 10.6. The lowest BCUT2D eigenvalue weighted by atomic mass is 10.1. The van der Waals surface area contributed by atoms with Crippen LogP contribution in [0.25, 0.3) is 6.08 Å². The molecule has 1 aromatic rings. The normalized spacial score (nSPS) is 9.36. The molecule has 0 saturated carbocycles. The molecule has 0 aliphatic carbocycles. The first-order chi connectivity index (χ1) is 6.63. The quantitative estimate of drug-likeness (QED) is 0.779. The summed E-state index contributed by atoms with van der Waals surface area (Å²) in [5, 5.41) is 0. The van der Waals surface area contributed by atoms with Gasteiger partial charge in [0.15, 0.2) is 0 Å². The van der Waals surface area contributed by atoms with E-state index in [2.05, 4.69) is 36.6 Å². The number of hydrogen-bond donors (Lipinski definition) is 0. The maximum atomic E-state index is 11.1. The zero-order chi connectivity index (χ0) is 10.6. The van der Waals surface area contributed by atoms with Gasteiger partial charge in [0.2, 0.25) is 0 Å². The van der Waals surface area contributed by atoms with E-state index >= 15 is 0 Å². The van der Waals surface area contributed by atoms with Crippen LogP contribution in [0.15, 0.2) is 27.7 Å². The summed E-state index contributed by atoms with van der Waals surface area (Å²) in [6, 6.07) is 7.13. The van der Waals surface area contributed by atoms with Gasteiger partial charge < -0.3 is 4.74 Å². The van der Waals surface area contributed by atoms with Crippen molar-refractivity contribution in [1.82, 2.24) is 0 Å². The van der Waals surface area contributed by atoms with Crippen LogP contribution in [0.1, 0.15) is 15.9 Å². The highest BCUT2D eigenvalue weighted by molar-refractivity contribution is 9.28. The molecule has 0 amide bonds. The molecule has 0 radical (unpaired) electrons. The Morgan fingerprint density at radius 2 is 1.86 bits per heavy atom. The monoisotopic (exact) mass is 318 g/mol. The minimum absolute atomic E-state index is 0.321. The first-order valence-corrected chi connectivity index (χ1v) is 5.43. The number of esters is 1. The molecule has 0 heterocycles. The SMILES string of the molecule is COC(=O)c1ccc(C=C(Br)Br)cc1. The van der Waals surface area contributed by atoms with Gasteiger partial charge in [-0.3, -0.25) is 0 Å². The molecule has 0 spiro atoms. The number of carbonyl (C=O) groups excluding carboxylic acids is 1. The van der Waals surface area contributed by atoms with E-state index < -0.39 is 0 Å². The molecule has 0 aliphatic heterocycles. The number of ether oxygens (including phenoxy) is 1. The van der Waals surface area contributed by atoms with Gasteiger partial charge in [-0.15, -0.1) is 0 Å². The highest BCUT2D eigenvalue weighted by Crippen LogP contribution is 2.18. The summed E-state index contributed by atoms with van der Waals surface area (Å²) >= 11 is 6.52. The lowest BCUT2D eigenvalue weighted by Crippen LogP contribution is -2.00. The van der Waals surface area contributed by atoms with Gasteiger partial charge in [-0.1, -0.05) is 12.1 Å². The topological polar surface area (TPSA) is 26.3 Å². The molecule has 1 rings (SSSR count). The van der Waals surface area contributed by atoms with E-state index in [9.17, 15) is 4.79 Å². The predicted molar refractivity (Wildman–Crippen MR) is 63.6 cm³/mol. The fraction of sp³-hybridized carbons (Fsp3) is 0.100. The van der Waals surface area contributed by atoms with Crippen LogP contribution in [-0.4, -0.2) is 13.1 Å². The molecule has 0 saturated heterocycles. The molecule has 1 aromatic carbocycles. The van der Waals surface area contributed by atoms with E-state index in [0.29, 0.717) is 5.56 Å². The van der Waals surface area contributed by atoms with Gasteiger partial charge in [0, 0.05) is 0 Å². The van der Waals surface area contributed by atoms with E-state index in [1.165, 1.54) is 7.11 Å². The lowest BCUT2D eigenvalue weighted by Gasteiger charge is -1.99. The van der Waals surface area contributed by atoms with Crippen molar-refractivity contribution >= 4 is 43.9 Å². The third kappa shape index (κ3) is 3.27. The average Bonchev–Trinajstić information content (AvgIpc) is 2.17. The van der Waals surface area contributed by atoms with E-state index in [1.807, 2.05) is 18.2 Å². The highest BCUT2D eigenvalue weighted by atomic mass is 79.9. The van der Waals surface area contributed by atoms with Crippen molar-refractivity contribution in [3.63, 3.8) is 0 Å². The summed E-state index contributed by atoms with van der Waals surface area (Å²) in [6.07, 6.45) is 1.89. The number of methoxy groups -OCH3 is 1. The Morgan fingerprint density at radius 1 is 1.29 bits per heavy atom. The second-order valence-corrected chi connectivity index (χ2v) is 5.32. The van der Waals surface area contributed by atoms with Crippen molar-refractivity contribution in [2.24, 2.45) is 0 Å². The minimum atomic E-state index is -0.321. The molecule has 0 bridgehead atoms. The molecular weight excluding hydrogens is 312 g/mol. The van der Waals surface area contributed by atoms with E-state index in [-0.39, 0.29) is 5.97 Å². The summed E-state index contributed by atoms with van der Waals surface area (Å²) in [5.41, 5.74) is 1.55. The Kier molecular flexibility index (Phi) is 4.35. The molecule has 0 aliphatic rings. The Hall–Kier alpha value is -0.610. The maximum Gasteiger partial charge on any atom is 0.337 e. The molecule has 4 heteroatoms. The van der Waals surface area contributed by atoms with Gasteiger partial charge in [-0.2, -0.15) is 0 Å². The number of benzene rings is 1. The molecule has 14 heavy (non-hydrogen) atoms. The Labute approximate surface area is 99.2 Å². The van der Waals surface area contributed by atoms with Gasteiger partial charge in [-0.05, 0) is 55.6 Å². The summed E-state index contributed by atoms with van der Waals surface area (Å²) in [6.45, 7) is 0. The largest absolute Gasteiger partial charge is 0.465 e. The predicted octanol–water partition coefficient (Wildman–Crippen LogP) is 3.56. The van der Waals surface area contributed by atoms with E-state index in [4.69, 9.17) is 0 Å². The van der Waals surface area contributed by atoms with Gasteiger partial charge in [0.1, 0.15) is 0 Å². The van der Waals surface area contributed by atoms with Crippen molar-refractivity contribution < 1.29 is 9.53 Å². The number of rotatable bonds is 2. The van der Waals surface area contributed by atoms with Crippen molar-refractivity contribution in [3.05, 3.63) is 38.8 Å². The second-order valence-electron chi connectivity index (χ2n) is 2.55. The summed E-state index contributed by atoms with van der Waals surface area (Å²) in [5.74, 6) is -0.321. The van der Waals surface area contributed by atoms with E-state index in [1.54, 1.807) is 12.1 Å². The maximum absolute atomic E-state index is 11.1.